The number of unbranched alkanes of at least 4 members (excludes halogenated alkanes) is 5. The highest BCUT2D eigenvalue weighted by Gasteiger charge is 1.88. The lowest BCUT2D eigenvalue weighted by Crippen LogP contribution is -1.79. The van der Waals surface area contributed by atoms with Crippen molar-refractivity contribution in [2.24, 2.45) is 0 Å². The van der Waals surface area contributed by atoms with Crippen LogP contribution in [0.15, 0.2) is 11.9 Å². The number of hydrogen-bond acceptors (Lipinski definition) is 0. The summed E-state index contributed by atoms with van der Waals surface area (Å²) < 4.78 is 0. The van der Waals surface area contributed by atoms with Gasteiger partial charge in [0.05, 0.1) is 0 Å². The average molecular weight is 186 g/mol. The minimum Gasteiger partial charge on any atom is -0.0988 e. The Hall–Kier alpha value is 0.170. The third-order valence-corrected chi connectivity index (χ3v) is 3.17. The van der Waals surface area contributed by atoms with Crippen molar-refractivity contribution < 1.29 is 0 Å². The van der Waals surface area contributed by atoms with Crippen LogP contribution in [0, 0.1) is 0 Å². The molecule has 0 amide bonds. The van der Waals surface area contributed by atoms with E-state index in [4.69, 9.17) is 0 Å². The highest BCUT2D eigenvalue weighted by atomic mass is 31.1. The second kappa shape index (κ2) is 11.2. The fourth-order valence-corrected chi connectivity index (χ4v) is 2.07. The van der Waals surface area contributed by atoms with Gasteiger partial charge in [0, 0.05) is 0 Å². The molecule has 0 aliphatic rings. The van der Waals surface area contributed by atoms with Crippen molar-refractivity contribution in [3.8, 4) is 0 Å². The minimum absolute atomic E-state index is 1.06. The van der Waals surface area contributed by atoms with Gasteiger partial charge in [0.15, 0.2) is 0 Å². The maximum Gasteiger partial charge on any atom is -0.0319 e. The van der Waals surface area contributed by atoms with Crippen molar-refractivity contribution in [1.82, 2.24) is 0 Å². The molecule has 12 heavy (non-hydrogen) atoms. The molecule has 0 saturated carbocycles. The van der Waals surface area contributed by atoms with Crippen molar-refractivity contribution in [2.75, 3.05) is 6.16 Å². The molecule has 0 nitrogen and oxygen atoms in total. The number of rotatable bonds is 8. The van der Waals surface area contributed by atoms with E-state index in [1.165, 1.54) is 44.7 Å². The van der Waals surface area contributed by atoms with Crippen LogP contribution in [0.3, 0.4) is 0 Å². The van der Waals surface area contributed by atoms with Gasteiger partial charge in [-0.2, -0.15) is 0 Å². The zero-order valence-corrected chi connectivity index (χ0v) is 9.60. The largest absolute Gasteiger partial charge is 0.0988 e. The average Bonchev–Trinajstić information content (AvgIpc) is 2.10. The summed E-state index contributed by atoms with van der Waals surface area (Å²) >= 11 is 0. The lowest BCUT2D eigenvalue weighted by atomic mass is 10.1. The van der Waals surface area contributed by atoms with Crippen molar-refractivity contribution in [3.05, 3.63) is 11.9 Å². The molecule has 0 fully saturated rings. The first kappa shape index (κ1) is 12.2. The molecule has 0 spiro atoms. The summed E-state index contributed by atoms with van der Waals surface area (Å²) in [5.41, 5.74) is 0. The third-order valence-electron chi connectivity index (χ3n) is 1.96. The van der Waals surface area contributed by atoms with Crippen LogP contribution in [0.1, 0.15) is 52.4 Å². The van der Waals surface area contributed by atoms with Crippen LogP contribution >= 0.6 is 8.58 Å². The molecule has 0 rings (SSSR count). The smallest absolute Gasteiger partial charge is 0.0319 e. The first-order valence-corrected chi connectivity index (χ1v) is 6.54. The predicted octanol–water partition coefficient (Wildman–Crippen LogP) is 4.56. The van der Waals surface area contributed by atoms with E-state index in [2.05, 4.69) is 25.7 Å². The quantitative estimate of drug-likeness (QED) is 0.385. The second-order valence-electron chi connectivity index (χ2n) is 3.22. The molecule has 0 aromatic rings. The molecule has 0 radical (unpaired) electrons. The Balaban J connectivity index is 2.81. The summed E-state index contributed by atoms with van der Waals surface area (Å²) in [5, 5.41) is 0. The van der Waals surface area contributed by atoms with Gasteiger partial charge in [-0.05, 0) is 19.5 Å². The van der Waals surface area contributed by atoms with E-state index < -0.39 is 0 Å². The maximum absolute atomic E-state index is 2.30. The lowest BCUT2D eigenvalue weighted by molar-refractivity contribution is 0.626. The Bertz CT molecular complexity index is 97.2. The molecule has 1 unspecified atom stereocenters. The Morgan fingerprint density at radius 2 is 1.67 bits per heavy atom. The summed E-state index contributed by atoms with van der Waals surface area (Å²) in [6.45, 7) is 4.38. The minimum atomic E-state index is 1.06. The van der Waals surface area contributed by atoms with E-state index in [9.17, 15) is 0 Å². The van der Waals surface area contributed by atoms with E-state index in [-0.39, 0.29) is 0 Å². The molecule has 1 atom stereocenters. The maximum atomic E-state index is 2.30. The van der Waals surface area contributed by atoms with Gasteiger partial charge in [0.2, 0.25) is 0 Å². The SMILES string of the molecule is CC=CPCCCCCCCC. The normalized spacial score (nSPS) is 12.2. The molecule has 0 aliphatic carbocycles. The lowest BCUT2D eigenvalue weighted by Gasteiger charge is -1.98. The molecule has 0 aromatic carbocycles. The standard InChI is InChI=1S/C11H23P/c1-3-5-6-7-8-9-11-12-10-4-2/h4,10,12H,3,5-9,11H2,1-2H3. The van der Waals surface area contributed by atoms with Gasteiger partial charge in [-0.1, -0.05) is 59.5 Å². The summed E-state index contributed by atoms with van der Waals surface area (Å²) in [5.74, 6) is 2.30. The fraction of sp³-hybridized carbons (Fsp3) is 0.818. The molecular formula is C11H23P. The summed E-state index contributed by atoms with van der Waals surface area (Å²) in [7, 11) is 1.06. The van der Waals surface area contributed by atoms with Crippen molar-refractivity contribution in [1.29, 1.82) is 0 Å². The van der Waals surface area contributed by atoms with Crippen LogP contribution in [0.25, 0.3) is 0 Å². The van der Waals surface area contributed by atoms with Crippen molar-refractivity contribution >= 4 is 8.58 Å². The Kier molecular flexibility index (Phi) is 11.3. The van der Waals surface area contributed by atoms with Crippen LogP contribution < -0.4 is 0 Å². The Labute approximate surface area is 79.6 Å². The van der Waals surface area contributed by atoms with Gasteiger partial charge in [-0.15, -0.1) is 0 Å². The van der Waals surface area contributed by atoms with Gasteiger partial charge < -0.3 is 0 Å². The van der Waals surface area contributed by atoms with Crippen molar-refractivity contribution in [3.63, 3.8) is 0 Å². The van der Waals surface area contributed by atoms with Crippen molar-refractivity contribution in [2.45, 2.75) is 52.4 Å². The van der Waals surface area contributed by atoms with E-state index in [1.54, 1.807) is 0 Å². The second-order valence-corrected chi connectivity index (χ2v) is 4.46. The summed E-state index contributed by atoms with van der Waals surface area (Å²) in [4.78, 5) is 0. The van der Waals surface area contributed by atoms with Crippen LogP contribution in [0.2, 0.25) is 0 Å². The zero-order chi connectivity index (χ0) is 9.07. The summed E-state index contributed by atoms with van der Waals surface area (Å²) in [6, 6.07) is 0. The molecule has 0 aliphatic heterocycles. The molecule has 0 heterocycles. The van der Waals surface area contributed by atoms with E-state index >= 15 is 0 Å². The molecule has 72 valence electrons. The molecule has 0 aromatic heterocycles. The van der Waals surface area contributed by atoms with E-state index in [0.29, 0.717) is 0 Å². The molecule has 0 bridgehead atoms. The Morgan fingerprint density at radius 1 is 1.00 bits per heavy atom. The van der Waals surface area contributed by atoms with Gasteiger partial charge in [-0.25, -0.2) is 0 Å². The monoisotopic (exact) mass is 186 g/mol. The van der Waals surface area contributed by atoms with Gasteiger partial charge in [-0.3, -0.25) is 0 Å². The number of allylic oxidation sites excluding steroid dienone is 1. The van der Waals surface area contributed by atoms with Crippen LogP contribution in [0.4, 0.5) is 0 Å². The van der Waals surface area contributed by atoms with E-state index in [1.807, 2.05) is 0 Å². The van der Waals surface area contributed by atoms with E-state index in [0.717, 1.165) is 8.58 Å². The third kappa shape index (κ3) is 10.2. The highest BCUT2D eigenvalue weighted by molar-refractivity contribution is 7.41. The van der Waals surface area contributed by atoms with Crippen LogP contribution in [0.5, 0.6) is 0 Å². The van der Waals surface area contributed by atoms with Crippen LogP contribution in [-0.2, 0) is 0 Å². The summed E-state index contributed by atoms with van der Waals surface area (Å²) in [6.07, 6.45) is 12.2. The van der Waals surface area contributed by atoms with Gasteiger partial charge in [0.1, 0.15) is 0 Å². The molecule has 0 saturated heterocycles. The van der Waals surface area contributed by atoms with Gasteiger partial charge in [0.25, 0.3) is 0 Å². The highest BCUT2D eigenvalue weighted by Crippen LogP contribution is 2.15. The van der Waals surface area contributed by atoms with Crippen LogP contribution in [-0.4, -0.2) is 6.16 Å². The topological polar surface area (TPSA) is 0 Å². The predicted molar refractivity (Wildman–Crippen MR) is 61.4 cm³/mol. The number of hydrogen-bond donors (Lipinski definition) is 0. The zero-order valence-electron chi connectivity index (χ0n) is 8.60. The van der Waals surface area contributed by atoms with Gasteiger partial charge >= 0.3 is 0 Å². The fourth-order valence-electron chi connectivity index (χ4n) is 1.21. The molecule has 0 N–H and O–H groups in total. The first-order chi connectivity index (χ1) is 5.91. The Morgan fingerprint density at radius 3 is 2.33 bits per heavy atom. The first-order valence-electron chi connectivity index (χ1n) is 5.26. The molecule has 1 heteroatoms. The molecular weight excluding hydrogens is 163 g/mol.